The fourth-order valence-corrected chi connectivity index (χ4v) is 1.36. The third kappa shape index (κ3) is 2.13. The quantitative estimate of drug-likeness (QED) is 0.837. The summed E-state index contributed by atoms with van der Waals surface area (Å²) >= 11 is 0. The molecule has 2 N–H and O–H groups in total. The van der Waals surface area contributed by atoms with Gasteiger partial charge in [-0.3, -0.25) is 4.98 Å². The third-order valence-corrected chi connectivity index (χ3v) is 2.07. The number of aromatic nitrogens is 1. The van der Waals surface area contributed by atoms with Crippen LogP contribution in [0.3, 0.4) is 0 Å². The summed E-state index contributed by atoms with van der Waals surface area (Å²) in [5, 5.41) is 17.3. The summed E-state index contributed by atoms with van der Waals surface area (Å²) in [7, 11) is 0. The summed E-state index contributed by atoms with van der Waals surface area (Å²) in [4.78, 5) is 3.74. The van der Waals surface area contributed by atoms with Gasteiger partial charge < -0.3 is 5.73 Å². The summed E-state index contributed by atoms with van der Waals surface area (Å²) in [5.74, 6) is 0. The van der Waals surface area contributed by atoms with Gasteiger partial charge >= 0.3 is 0 Å². The van der Waals surface area contributed by atoms with E-state index in [0.29, 0.717) is 0 Å². The van der Waals surface area contributed by atoms with Crippen molar-refractivity contribution in [3.8, 4) is 12.1 Å². The summed E-state index contributed by atoms with van der Waals surface area (Å²) in [6.45, 7) is -0.165. The lowest BCUT2D eigenvalue weighted by Crippen LogP contribution is -2.09. The molecule has 1 aromatic heterocycles. The highest BCUT2D eigenvalue weighted by atomic mass is 19.3. The molecule has 0 aliphatic rings. The van der Waals surface area contributed by atoms with Crippen LogP contribution in [0.15, 0.2) is 6.20 Å². The largest absolute Gasteiger partial charge is 0.325 e. The minimum atomic E-state index is -2.82. The minimum absolute atomic E-state index is 0.00626. The molecule has 0 aliphatic carbocycles. The number of halogens is 2. The second-order valence-corrected chi connectivity index (χ2v) is 2.97. The molecule has 0 saturated heterocycles. The van der Waals surface area contributed by atoms with Crippen LogP contribution < -0.4 is 5.73 Å². The van der Waals surface area contributed by atoms with Gasteiger partial charge in [-0.25, -0.2) is 8.78 Å². The Hall–Kier alpha value is -2.05. The van der Waals surface area contributed by atoms with Crippen LogP contribution in [-0.4, -0.2) is 4.98 Å². The lowest BCUT2D eigenvalue weighted by atomic mass is 10.0. The van der Waals surface area contributed by atoms with Crippen molar-refractivity contribution in [3.63, 3.8) is 0 Å². The van der Waals surface area contributed by atoms with Crippen LogP contribution in [0.5, 0.6) is 0 Å². The first-order valence-electron chi connectivity index (χ1n) is 4.41. The molecular weight excluding hydrogens is 214 g/mol. The van der Waals surface area contributed by atoms with Crippen molar-refractivity contribution in [2.24, 2.45) is 5.73 Å². The second-order valence-electron chi connectivity index (χ2n) is 2.97. The van der Waals surface area contributed by atoms with Gasteiger partial charge in [0.15, 0.2) is 0 Å². The number of hydrogen-bond acceptors (Lipinski definition) is 4. The highest BCUT2D eigenvalue weighted by Gasteiger charge is 2.21. The minimum Gasteiger partial charge on any atom is -0.325 e. The molecule has 0 bridgehead atoms. The average Bonchev–Trinajstić information content (AvgIpc) is 2.28. The van der Waals surface area contributed by atoms with Gasteiger partial charge in [0.25, 0.3) is 6.43 Å². The van der Waals surface area contributed by atoms with Gasteiger partial charge in [-0.1, -0.05) is 0 Å². The van der Waals surface area contributed by atoms with E-state index in [1.165, 1.54) is 6.20 Å². The summed E-state index contributed by atoms with van der Waals surface area (Å²) in [6.07, 6.45) is -1.70. The normalized spacial score (nSPS) is 9.88. The molecule has 0 fully saturated rings. The standard InChI is InChI=1S/C10H8F2N4/c11-10(12)9-7(3-14)6(1-2-13)5-16-8(9)4-15/h5,10H,1,4,15H2. The van der Waals surface area contributed by atoms with E-state index in [1.54, 1.807) is 12.1 Å². The fraction of sp³-hybridized carbons (Fsp3) is 0.300. The van der Waals surface area contributed by atoms with Crippen LogP contribution in [0.2, 0.25) is 0 Å². The van der Waals surface area contributed by atoms with Gasteiger partial charge in [0, 0.05) is 18.3 Å². The number of nitrogens with two attached hydrogens (primary N) is 1. The first kappa shape index (κ1) is 12.0. The number of nitriles is 2. The van der Waals surface area contributed by atoms with Crippen molar-refractivity contribution >= 4 is 0 Å². The van der Waals surface area contributed by atoms with Crippen LogP contribution in [0.1, 0.15) is 28.8 Å². The zero-order valence-electron chi connectivity index (χ0n) is 8.24. The molecule has 0 radical (unpaired) electrons. The highest BCUT2D eigenvalue weighted by Crippen LogP contribution is 2.27. The zero-order chi connectivity index (χ0) is 12.1. The molecule has 0 atom stereocenters. The molecule has 0 aliphatic heterocycles. The van der Waals surface area contributed by atoms with Crippen molar-refractivity contribution in [3.05, 3.63) is 28.6 Å². The molecule has 6 heteroatoms. The van der Waals surface area contributed by atoms with Gasteiger partial charge in [0.1, 0.15) is 6.07 Å². The van der Waals surface area contributed by atoms with Gasteiger partial charge in [-0.15, -0.1) is 0 Å². The maximum Gasteiger partial charge on any atom is 0.266 e. The molecule has 4 nitrogen and oxygen atoms in total. The topological polar surface area (TPSA) is 86.5 Å². The van der Waals surface area contributed by atoms with Crippen LogP contribution in [0.4, 0.5) is 8.78 Å². The van der Waals surface area contributed by atoms with Crippen LogP contribution in [0.25, 0.3) is 0 Å². The van der Waals surface area contributed by atoms with E-state index < -0.39 is 12.0 Å². The first-order valence-corrected chi connectivity index (χ1v) is 4.41. The third-order valence-electron chi connectivity index (χ3n) is 2.07. The monoisotopic (exact) mass is 222 g/mol. The van der Waals surface area contributed by atoms with Crippen molar-refractivity contribution in [2.45, 2.75) is 19.4 Å². The number of pyridine rings is 1. The van der Waals surface area contributed by atoms with Crippen LogP contribution in [0, 0.1) is 22.7 Å². The maximum absolute atomic E-state index is 12.8. The Balaban J connectivity index is 3.46. The molecule has 0 spiro atoms. The molecule has 82 valence electrons. The molecule has 0 aromatic carbocycles. The molecular formula is C10H8F2N4. The van der Waals surface area contributed by atoms with Gasteiger partial charge in [-0.05, 0) is 0 Å². The Morgan fingerprint density at radius 3 is 2.56 bits per heavy atom. The van der Waals surface area contributed by atoms with Crippen LogP contribution in [-0.2, 0) is 13.0 Å². The Morgan fingerprint density at radius 2 is 2.12 bits per heavy atom. The smallest absolute Gasteiger partial charge is 0.266 e. The average molecular weight is 222 g/mol. The molecule has 1 rings (SSSR count). The second kappa shape index (κ2) is 5.15. The van der Waals surface area contributed by atoms with Crippen LogP contribution >= 0.6 is 0 Å². The highest BCUT2D eigenvalue weighted by molar-refractivity contribution is 5.47. The number of alkyl halides is 2. The summed E-state index contributed by atoms with van der Waals surface area (Å²) in [5.41, 5.74) is 4.82. The molecule has 1 aromatic rings. The first-order chi connectivity index (χ1) is 7.65. The van der Waals surface area contributed by atoms with Gasteiger partial charge in [0.2, 0.25) is 0 Å². The number of hydrogen-bond donors (Lipinski definition) is 1. The predicted molar refractivity (Wildman–Crippen MR) is 51.1 cm³/mol. The Kier molecular flexibility index (Phi) is 3.87. The van der Waals surface area contributed by atoms with E-state index >= 15 is 0 Å². The molecule has 0 unspecified atom stereocenters. The lowest BCUT2D eigenvalue weighted by Gasteiger charge is -2.10. The molecule has 1 heterocycles. The fourth-order valence-electron chi connectivity index (χ4n) is 1.36. The van der Waals surface area contributed by atoms with E-state index in [9.17, 15) is 8.78 Å². The van der Waals surface area contributed by atoms with Crippen molar-refractivity contribution in [1.29, 1.82) is 10.5 Å². The molecule has 0 amide bonds. The summed E-state index contributed by atoms with van der Waals surface area (Å²) < 4.78 is 25.5. The van der Waals surface area contributed by atoms with E-state index in [2.05, 4.69) is 4.98 Å². The lowest BCUT2D eigenvalue weighted by molar-refractivity contribution is 0.149. The SMILES string of the molecule is N#CCc1cnc(CN)c(C(F)F)c1C#N. The maximum atomic E-state index is 12.8. The van der Waals surface area contributed by atoms with E-state index in [1.807, 2.05) is 0 Å². The van der Waals surface area contributed by atoms with Crippen molar-refractivity contribution in [2.75, 3.05) is 0 Å². The molecule has 16 heavy (non-hydrogen) atoms. The molecule has 0 saturated carbocycles. The van der Waals surface area contributed by atoms with E-state index in [4.69, 9.17) is 16.3 Å². The van der Waals surface area contributed by atoms with Gasteiger partial charge in [-0.2, -0.15) is 10.5 Å². The van der Waals surface area contributed by atoms with E-state index in [0.717, 1.165) is 0 Å². The Labute approximate surface area is 90.9 Å². The van der Waals surface area contributed by atoms with Crippen molar-refractivity contribution < 1.29 is 8.78 Å². The zero-order valence-corrected chi connectivity index (χ0v) is 8.24. The summed E-state index contributed by atoms with van der Waals surface area (Å²) in [6, 6.07) is 3.47. The number of rotatable bonds is 3. The van der Waals surface area contributed by atoms with E-state index in [-0.39, 0.29) is 29.8 Å². The van der Waals surface area contributed by atoms with Gasteiger partial charge in [0.05, 0.1) is 29.3 Å². The Morgan fingerprint density at radius 1 is 1.44 bits per heavy atom. The predicted octanol–water partition coefficient (Wildman–Crippen LogP) is 1.42. The van der Waals surface area contributed by atoms with Crippen molar-refractivity contribution in [1.82, 2.24) is 4.98 Å². The number of nitrogens with zero attached hydrogens (tertiary/aromatic N) is 3. The Bertz CT molecular complexity index is 471.